The van der Waals surface area contributed by atoms with E-state index in [2.05, 4.69) is 5.10 Å². The summed E-state index contributed by atoms with van der Waals surface area (Å²) in [5.41, 5.74) is 7.89. The van der Waals surface area contributed by atoms with Crippen molar-refractivity contribution in [1.82, 2.24) is 9.78 Å². The fraction of sp³-hybridized carbons (Fsp3) is 0.286. The fourth-order valence-electron chi connectivity index (χ4n) is 1.81. The van der Waals surface area contributed by atoms with E-state index in [1.54, 1.807) is 30.5 Å². The second kappa shape index (κ2) is 5.96. The van der Waals surface area contributed by atoms with E-state index in [1.165, 1.54) is 4.68 Å². The highest BCUT2D eigenvalue weighted by Crippen LogP contribution is 2.18. The first-order valence-corrected chi connectivity index (χ1v) is 6.71. The van der Waals surface area contributed by atoms with Crippen molar-refractivity contribution in [2.75, 3.05) is 24.2 Å². The van der Waals surface area contributed by atoms with Crippen LogP contribution in [0.15, 0.2) is 35.3 Å². The van der Waals surface area contributed by atoms with Gasteiger partial charge in [-0.15, -0.1) is 0 Å². The standard InChI is InChI=1S/C14H17ClN4O/c1-3-18(2)12-7-14(20)19(17-8-12)9-10-6-11(15)4-5-13(10)16/h4-8H,3,9,16H2,1-2H3. The molecule has 0 amide bonds. The molecule has 2 rings (SSSR count). The average Bonchev–Trinajstić information content (AvgIpc) is 2.44. The van der Waals surface area contributed by atoms with Crippen LogP contribution in [0.5, 0.6) is 0 Å². The van der Waals surface area contributed by atoms with Gasteiger partial charge in [0, 0.05) is 30.4 Å². The van der Waals surface area contributed by atoms with Gasteiger partial charge < -0.3 is 10.6 Å². The van der Waals surface area contributed by atoms with Crippen molar-refractivity contribution in [3.05, 3.63) is 51.4 Å². The number of nitrogen functional groups attached to an aromatic ring is 1. The van der Waals surface area contributed by atoms with Gasteiger partial charge in [0.05, 0.1) is 18.4 Å². The second-order valence-electron chi connectivity index (χ2n) is 4.57. The molecule has 106 valence electrons. The molecule has 1 aromatic carbocycles. The van der Waals surface area contributed by atoms with Crippen LogP contribution in [-0.4, -0.2) is 23.4 Å². The number of rotatable bonds is 4. The number of aromatic nitrogens is 2. The van der Waals surface area contributed by atoms with Gasteiger partial charge in [-0.2, -0.15) is 5.10 Å². The number of halogens is 1. The Hall–Kier alpha value is -2.01. The minimum absolute atomic E-state index is 0.165. The van der Waals surface area contributed by atoms with Crippen LogP contribution >= 0.6 is 11.6 Å². The number of benzene rings is 1. The zero-order chi connectivity index (χ0) is 14.7. The van der Waals surface area contributed by atoms with Gasteiger partial charge >= 0.3 is 0 Å². The van der Waals surface area contributed by atoms with E-state index in [0.29, 0.717) is 17.3 Å². The highest BCUT2D eigenvalue weighted by atomic mass is 35.5. The number of hydrogen-bond acceptors (Lipinski definition) is 4. The van der Waals surface area contributed by atoms with Crippen molar-refractivity contribution in [2.24, 2.45) is 0 Å². The van der Waals surface area contributed by atoms with Crippen molar-refractivity contribution in [3.63, 3.8) is 0 Å². The zero-order valence-electron chi connectivity index (χ0n) is 11.5. The lowest BCUT2D eigenvalue weighted by atomic mass is 10.2. The molecule has 0 unspecified atom stereocenters. The molecule has 1 heterocycles. The van der Waals surface area contributed by atoms with E-state index >= 15 is 0 Å². The van der Waals surface area contributed by atoms with Crippen LogP contribution in [0.3, 0.4) is 0 Å². The lowest BCUT2D eigenvalue weighted by Crippen LogP contribution is -2.26. The first-order valence-electron chi connectivity index (χ1n) is 6.33. The van der Waals surface area contributed by atoms with Crippen LogP contribution in [0.25, 0.3) is 0 Å². The van der Waals surface area contributed by atoms with Crippen molar-refractivity contribution in [1.29, 1.82) is 0 Å². The second-order valence-corrected chi connectivity index (χ2v) is 5.00. The maximum atomic E-state index is 12.1. The molecule has 5 nitrogen and oxygen atoms in total. The molecule has 0 aliphatic carbocycles. The molecule has 0 aliphatic rings. The van der Waals surface area contributed by atoms with E-state index < -0.39 is 0 Å². The highest BCUT2D eigenvalue weighted by molar-refractivity contribution is 6.30. The Kier molecular flexibility index (Phi) is 4.29. The van der Waals surface area contributed by atoms with Gasteiger partial charge in [0.15, 0.2) is 0 Å². The molecule has 0 fully saturated rings. The van der Waals surface area contributed by atoms with Crippen molar-refractivity contribution >= 4 is 23.0 Å². The molecule has 0 saturated carbocycles. The number of nitrogens with zero attached hydrogens (tertiary/aromatic N) is 3. The van der Waals surface area contributed by atoms with Gasteiger partial charge in [-0.25, -0.2) is 4.68 Å². The van der Waals surface area contributed by atoms with E-state index in [4.69, 9.17) is 17.3 Å². The Morgan fingerprint density at radius 3 is 2.80 bits per heavy atom. The van der Waals surface area contributed by atoms with Crippen molar-refractivity contribution < 1.29 is 0 Å². The van der Waals surface area contributed by atoms with E-state index in [9.17, 15) is 4.79 Å². The fourth-order valence-corrected chi connectivity index (χ4v) is 2.00. The van der Waals surface area contributed by atoms with Crippen LogP contribution in [0.4, 0.5) is 11.4 Å². The summed E-state index contributed by atoms with van der Waals surface area (Å²) in [7, 11) is 1.91. The maximum Gasteiger partial charge on any atom is 0.269 e. The lowest BCUT2D eigenvalue weighted by Gasteiger charge is -2.16. The quantitative estimate of drug-likeness (QED) is 0.875. The Bertz CT molecular complexity index is 668. The predicted octanol–water partition coefficient (Wildman–Crippen LogP) is 1.98. The molecule has 0 aliphatic heterocycles. The first-order chi connectivity index (χ1) is 9.51. The van der Waals surface area contributed by atoms with Gasteiger partial charge in [0.25, 0.3) is 5.56 Å². The van der Waals surface area contributed by atoms with Crippen LogP contribution in [0.1, 0.15) is 12.5 Å². The maximum absolute atomic E-state index is 12.1. The summed E-state index contributed by atoms with van der Waals surface area (Å²) in [5.74, 6) is 0. The van der Waals surface area contributed by atoms with Crippen molar-refractivity contribution in [2.45, 2.75) is 13.5 Å². The number of anilines is 2. The van der Waals surface area contributed by atoms with E-state index in [-0.39, 0.29) is 5.56 Å². The van der Waals surface area contributed by atoms with Gasteiger partial charge in [-0.1, -0.05) is 11.6 Å². The molecular formula is C14H17ClN4O. The monoisotopic (exact) mass is 292 g/mol. The molecule has 0 spiro atoms. The third-order valence-corrected chi connectivity index (χ3v) is 3.43. The van der Waals surface area contributed by atoms with E-state index in [1.807, 2.05) is 18.9 Å². The summed E-state index contributed by atoms with van der Waals surface area (Å²) in [4.78, 5) is 14.0. The molecule has 0 atom stereocenters. The minimum Gasteiger partial charge on any atom is -0.398 e. The van der Waals surface area contributed by atoms with Gasteiger partial charge in [-0.05, 0) is 30.7 Å². The van der Waals surface area contributed by atoms with Crippen molar-refractivity contribution in [3.8, 4) is 0 Å². The number of nitrogens with two attached hydrogens (primary N) is 1. The third-order valence-electron chi connectivity index (χ3n) is 3.20. The number of hydrogen-bond donors (Lipinski definition) is 1. The molecule has 0 radical (unpaired) electrons. The minimum atomic E-state index is -0.165. The van der Waals surface area contributed by atoms with Crippen LogP contribution < -0.4 is 16.2 Å². The molecule has 6 heteroatoms. The third kappa shape index (κ3) is 3.11. The summed E-state index contributed by atoms with van der Waals surface area (Å²) in [6, 6.07) is 6.76. The van der Waals surface area contributed by atoms with E-state index in [0.717, 1.165) is 17.8 Å². The Balaban J connectivity index is 2.30. The largest absolute Gasteiger partial charge is 0.398 e. The van der Waals surface area contributed by atoms with Crippen LogP contribution in [-0.2, 0) is 6.54 Å². The van der Waals surface area contributed by atoms with Gasteiger partial charge in [-0.3, -0.25) is 4.79 Å². The molecule has 2 N–H and O–H groups in total. The van der Waals surface area contributed by atoms with Crippen LogP contribution in [0.2, 0.25) is 5.02 Å². The first kappa shape index (κ1) is 14.4. The summed E-state index contributed by atoms with van der Waals surface area (Å²) < 4.78 is 1.37. The molecular weight excluding hydrogens is 276 g/mol. The van der Waals surface area contributed by atoms with Gasteiger partial charge in [0.2, 0.25) is 0 Å². The Morgan fingerprint density at radius 2 is 2.15 bits per heavy atom. The molecule has 1 aromatic heterocycles. The SMILES string of the molecule is CCN(C)c1cnn(Cc2cc(Cl)ccc2N)c(=O)c1. The normalized spacial score (nSPS) is 10.6. The highest BCUT2D eigenvalue weighted by Gasteiger charge is 2.06. The summed E-state index contributed by atoms with van der Waals surface area (Å²) in [6.45, 7) is 3.13. The Morgan fingerprint density at radius 1 is 1.40 bits per heavy atom. The summed E-state index contributed by atoms with van der Waals surface area (Å²) >= 11 is 5.94. The molecule has 0 bridgehead atoms. The summed E-state index contributed by atoms with van der Waals surface area (Å²) in [5, 5.41) is 4.76. The zero-order valence-corrected chi connectivity index (χ0v) is 12.3. The average molecular weight is 293 g/mol. The lowest BCUT2D eigenvalue weighted by molar-refractivity contribution is 0.638. The molecule has 2 aromatic rings. The summed E-state index contributed by atoms with van der Waals surface area (Å²) in [6.07, 6.45) is 1.67. The topological polar surface area (TPSA) is 64.2 Å². The predicted molar refractivity (Wildman–Crippen MR) is 82.4 cm³/mol. The van der Waals surface area contributed by atoms with Gasteiger partial charge in [0.1, 0.15) is 0 Å². The van der Waals surface area contributed by atoms with Crippen LogP contribution in [0, 0.1) is 0 Å². The molecule has 0 saturated heterocycles. The smallest absolute Gasteiger partial charge is 0.269 e. The Labute approximate surface area is 122 Å². The molecule has 20 heavy (non-hydrogen) atoms.